The lowest BCUT2D eigenvalue weighted by atomic mass is 10.0. The Morgan fingerprint density at radius 1 is 1.17 bits per heavy atom. The number of fused-ring (bicyclic) bond motifs is 1. The number of nitrogens with zero attached hydrogens (tertiary/aromatic N) is 4. The van der Waals surface area contributed by atoms with Crippen LogP contribution in [0.5, 0.6) is 0 Å². The Balaban J connectivity index is 1.56. The summed E-state index contributed by atoms with van der Waals surface area (Å²) in [6.07, 6.45) is 3.11. The van der Waals surface area contributed by atoms with E-state index in [1.165, 1.54) is 11.1 Å². The van der Waals surface area contributed by atoms with Crippen LogP contribution in [0.1, 0.15) is 29.8 Å². The van der Waals surface area contributed by atoms with Gasteiger partial charge in [0.05, 0.1) is 18.5 Å². The van der Waals surface area contributed by atoms with Crippen molar-refractivity contribution in [2.75, 3.05) is 24.6 Å². The second-order valence-corrected chi connectivity index (χ2v) is 6.28. The van der Waals surface area contributed by atoms with Crippen molar-refractivity contribution in [3.05, 3.63) is 59.4 Å². The lowest BCUT2D eigenvalue weighted by Gasteiger charge is -2.33. The van der Waals surface area contributed by atoms with Crippen LogP contribution in [0.2, 0.25) is 0 Å². The van der Waals surface area contributed by atoms with Gasteiger partial charge in [0.25, 0.3) is 0 Å². The van der Waals surface area contributed by atoms with Gasteiger partial charge in [-0.25, -0.2) is 9.50 Å². The van der Waals surface area contributed by atoms with Crippen LogP contribution >= 0.6 is 0 Å². The Bertz CT molecular complexity index is 840. The smallest absolute Gasteiger partial charge is 0.153 e. The number of rotatable bonds is 3. The van der Waals surface area contributed by atoms with Gasteiger partial charge in [-0.3, -0.25) is 0 Å². The molecule has 5 nitrogen and oxygen atoms in total. The second-order valence-electron chi connectivity index (χ2n) is 6.28. The zero-order valence-electron chi connectivity index (χ0n) is 14.1. The highest BCUT2D eigenvalue weighted by atomic mass is 16.5. The molecule has 0 spiro atoms. The van der Waals surface area contributed by atoms with Gasteiger partial charge in [0.2, 0.25) is 0 Å². The number of aryl methyl sites for hydroxylation is 2. The molecule has 1 aromatic carbocycles. The maximum absolute atomic E-state index is 5.99. The van der Waals surface area contributed by atoms with Crippen molar-refractivity contribution in [1.82, 2.24) is 14.6 Å². The van der Waals surface area contributed by atoms with Crippen LogP contribution < -0.4 is 4.90 Å². The topological polar surface area (TPSA) is 42.7 Å². The Morgan fingerprint density at radius 2 is 2.00 bits per heavy atom. The molecule has 0 radical (unpaired) electrons. The fourth-order valence-electron chi connectivity index (χ4n) is 3.19. The number of hydrogen-bond donors (Lipinski definition) is 0. The van der Waals surface area contributed by atoms with Crippen LogP contribution in [0.15, 0.2) is 42.6 Å². The summed E-state index contributed by atoms with van der Waals surface area (Å²) in [5.74, 6) is 0.971. The predicted octanol–water partition coefficient (Wildman–Crippen LogP) is 3.18. The van der Waals surface area contributed by atoms with Crippen molar-refractivity contribution in [3.8, 4) is 0 Å². The second kappa shape index (κ2) is 6.24. The first-order valence-corrected chi connectivity index (χ1v) is 8.51. The summed E-state index contributed by atoms with van der Waals surface area (Å²) in [5.41, 5.74) is 4.46. The van der Waals surface area contributed by atoms with Crippen LogP contribution in [0, 0.1) is 6.92 Å². The van der Waals surface area contributed by atoms with E-state index in [1.54, 1.807) is 0 Å². The summed E-state index contributed by atoms with van der Waals surface area (Å²) in [7, 11) is 0. The fraction of sp³-hybridized carbons (Fsp3) is 0.368. The van der Waals surface area contributed by atoms with E-state index in [4.69, 9.17) is 9.84 Å². The van der Waals surface area contributed by atoms with Crippen LogP contribution in [-0.4, -0.2) is 34.3 Å². The molecule has 0 aliphatic carbocycles. The highest BCUT2D eigenvalue weighted by Gasteiger charge is 2.23. The molecule has 1 saturated heterocycles. The minimum absolute atomic E-state index is 0.0895. The van der Waals surface area contributed by atoms with Crippen molar-refractivity contribution in [3.63, 3.8) is 0 Å². The molecule has 0 amide bonds. The van der Waals surface area contributed by atoms with E-state index in [-0.39, 0.29) is 6.10 Å². The van der Waals surface area contributed by atoms with Crippen molar-refractivity contribution in [1.29, 1.82) is 0 Å². The van der Waals surface area contributed by atoms with Gasteiger partial charge in [0.1, 0.15) is 11.9 Å². The molecule has 1 aliphatic heterocycles. The first-order chi connectivity index (χ1) is 11.7. The van der Waals surface area contributed by atoms with E-state index in [2.05, 4.69) is 41.1 Å². The summed E-state index contributed by atoms with van der Waals surface area (Å²) in [6.45, 7) is 6.54. The molecule has 0 saturated carbocycles. The largest absolute Gasteiger partial charge is 0.370 e. The first-order valence-electron chi connectivity index (χ1n) is 8.51. The standard InChI is InChI=1S/C19H22N4O/c1-3-15-4-6-16(7-5-15)17-13-22(10-11-24-17)19-9-8-18-20-14(2)12-23(18)21-19/h4-9,12,17H,3,10-11,13H2,1-2H3. The molecule has 0 bridgehead atoms. The third-order valence-corrected chi connectivity index (χ3v) is 4.58. The number of morpholine rings is 1. The van der Waals surface area contributed by atoms with Gasteiger partial charge in [-0.1, -0.05) is 31.2 Å². The zero-order chi connectivity index (χ0) is 16.5. The van der Waals surface area contributed by atoms with Gasteiger partial charge in [-0.05, 0) is 36.6 Å². The van der Waals surface area contributed by atoms with Crippen LogP contribution in [-0.2, 0) is 11.2 Å². The molecule has 2 aromatic heterocycles. The molecule has 0 N–H and O–H groups in total. The van der Waals surface area contributed by atoms with Crippen molar-refractivity contribution in [2.24, 2.45) is 0 Å². The summed E-state index contributed by atoms with van der Waals surface area (Å²) >= 11 is 0. The van der Waals surface area contributed by atoms with Crippen LogP contribution in [0.3, 0.4) is 0 Å². The van der Waals surface area contributed by atoms with Gasteiger partial charge in [-0.15, -0.1) is 5.10 Å². The average Bonchev–Trinajstić information content (AvgIpc) is 3.01. The number of benzene rings is 1. The van der Waals surface area contributed by atoms with Crippen molar-refractivity contribution in [2.45, 2.75) is 26.4 Å². The van der Waals surface area contributed by atoms with Crippen LogP contribution in [0.25, 0.3) is 5.65 Å². The monoisotopic (exact) mass is 322 g/mol. The molecular weight excluding hydrogens is 300 g/mol. The first kappa shape index (κ1) is 15.1. The maximum atomic E-state index is 5.99. The lowest BCUT2D eigenvalue weighted by molar-refractivity contribution is 0.0394. The SMILES string of the molecule is CCc1ccc(C2CN(c3ccc4nc(C)cn4n3)CCO2)cc1. The zero-order valence-corrected chi connectivity index (χ0v) is 14.1. The van der Waals surface area contributed by atoms with E-state index >= 15 is 0 Å². The average molecular weight is 322 g/mol. The van der Waals surface area contributed by atoms with Gasteiger partial charge < -0.3 is 9.64 Å². The van der Waals surface area contributed by atoms with Gasteiger partial charge >= 0.3 is 0 Å². The normalized spacial score (nSPS) is 18.2. The maximum Gasteiger partial charge on any atom is 0.153 e. The van der Waals surface area contributed by atoms with E-state index in [0.717, 1.165) is 36.7 Å². The molecule has 3 aromatic rings. The molecule has 1 fully saturated rings. The van der Waals surface area contributed by atoms with Gasteiger partial charge in [0, 0.05) is 13.1 Å². The minimum Gasteiger partial charge on any atom is -0.370 e. The molecule has 1 atom stereocenters. The number of aromatic nitrogens is 3. The Kier molecular flexibility index (Phi) is 3.94. The molecule has 124 valence electrons. The molecule has 5 heteroatoms. The number of hydrogen-bond acceptors (Lipinski definition) is 4. The lowest BCUT2D eigenvalue weighted by Crippen LogP contribution is -2.39. The van der Waals surface area contributed by atoms with E-state index in [9.17, 15) is 0 Å². The molecule has 3 heterocycles. The number of ether oxygens (including phenoxy) is 1. The van der Waals surface area contributed by atoms with Crippen molar-refractivity contribution >= 4 is 11.5 Å². The van der Waals surface area contributed by atoms with Gasteiger partial charge in [0.15, 0.2) is 5.65 Å². The Labute approximate surface area is 141 Å². The van der Waals surface area contributed by atoms with E-state index in [1.807, 2.05) is 29.8 Å². The predicted molar refractivity (Wildman–Crippen MR) is 94.5 cm³/mol. The fourth-order valence-corrected chi connectivity index (χ4v) is 3.19. The van der Waals surface area contributed by atoms with E-state index in [0.29, 0.717) is 6.61 Å². The van der Waals surface area contributed by atoms with Crippen molar-refractivity contribution < 1.29 is 4.74 Å². The van der Waals surface area contributed by atoms with Gasteiger partial charge in [-0.2, -0.15) is 0 Å². The number of imidazole rings is 1. The Morgan fingerprint density at radius 3 is 2.79 bits per heavy atom. The highest BCUT2D eigenvalue weighted by Crippen LogP contribution is 2.25. The number of anilines is 1. The Hall–Kier alpha value is -2.40. The minimum atomic E-state index is 0.0895. The highest BCUT2D eigenvalue weighted by molar-refractivity contribution is 5.47. The molecule has 1 aliphatic rings. The third kappa shape index (κ3) is 2.87. The summed E-state index contributed by atoms with van der Waals surface area (Å²) in [6, 6.07) is 12.8. The summed E-state index contributed by atoms with van der Waals surface area (Å²) in [4.78, 5) is 6.72. The summed E-state index contributed by atoms with van der Waals surface area (Å²) < 4.78 is 7.84. The molecule has 4 rings (SSSR count). The molecule has 1 unspecified atom stereocenters. The molecule has 24 heavy (non-hydrogen) atoms. The quantitative estimate of drug-likeness (QED) is 0.743. The summed E-state index contributed by atoms with van der Waals surface area (Å²) in [5, 5.41) is 4.70. The van der Waals surface area contributed by atoms with E-state index < -0.39 is 0 Å². The molecular formula is C19H22N4O. The third-order valence-electron chi connectivity index (χ3n) is 4.58. The van der Waals surface area contributed by atoms with Crippen LogP contribution in [0.4, 0.5) is 5.82 Å².